The molecule has 0 radical (unpaired) electrons. The van der Waals surface area contributed by atoms with Crippen LogP contribution in [0.1, 0.15) is 32.2 Å². The number of nitrogens with one attached hydrogen (secondary N) is 1. The quantitative estimate of drug-likeness (QED) is 0.916. The molecule has 0 amide bonds. The Morgan fingerprint density at radius 3 is 2.75 bits per heavy atom. The summed E-state index contributed by atoms with van der Waals surface area (Å²) in [7, 11) is 0. The summed E-state index contributed by atoms with van der Waals surface area (Å²) < 4.78 is 33.4. The van der Waals surface area contributed by atoms with Gasteiger partial charge in [0.25, 0.3) is 0 Å². The van der Waals surface area contributed by atoms with Gasteiger partial charge in [0.2, 0.25) is 0 Å². The summed E-state index contributed by atoms with van der Waals surface area (Å²) in [6, 6.07) is 3.01. The molecule has 0 fully saturated rings. The molecule has 2 aromatic rings. The van der Waals surface area contributed by atoms with Crippen LogP contribution in [0.25, 0.3) is 5.69 Å². The van der Waals surface area contributed by atoms with E-state index in [0.29, 0.717) is 13.0 Å². The lowest BCUT2D eigenvalue weighted by Crippen LogP contribution is -2.20. The molecular formula is C13H15F2N3O2. The number of H-pyrrole nitrogens is 1. The Hall–Kier alpha value is -2.02. The van der Waals surface area contributed by atoms with Crippen LogP contribution in [0, 0.1) is 11.6 Å². The summed E-state index contributed by atoms with van der Waals surface area (Å²) in [5, 5.41) is 6.15. The third-order valence-corrected chi connectivity index (χ3v) is 2.88. The van der Waals surface area contributed by atoms with E-state index in [9.17, 15) is 13.6 Å². The molecule has 0 aliphatic carbocycles. The van der Waals surface area contributed by atoms with Crippen LogP contribution in [0.3, 0.4) is 0 Å². The number of hydrogen-bond donors (Lipinski definition) is 1. The number of halogens is 2. The normalized spacial score (nSPS) is 12.6. The average Bonchev–Trinajstić information content (AvgIpc) is 2.78. The molecule has 7 heteroatoms. The topological polar surface area (TPSA) is 59.9 Å². The van der Waals surface area contributed by atoms with Gasteiger partial charge in [0, 0.05) is 12.7 Å². The average molecular weight is 283 g/mol. The van der Waals surface area contributed by atoms with Crippen molar-refractivity contribution in [3.63, 3.8) is 0 Å². The lowest BCUT2D eigenvalue weighted by molar-refractivity contribution is 0.0521. The van der Waals surface area contributed by atoms with E-state index in [1.54, 1.807) is 0 Å². The van der Waals surface area contributed by atoms with Crippen molar-refractivity contribution in [3.05, 3.63) is 46.1 Å². The largest absolute Gasteiger partial charge is 0.370 e. The van der Waals surface area contributed by atoms with Crippen LogP contribution in [0.5, 0.6) is 0 Å². The van der Waals surface area contributed by atoms with E-state index in [1.807, 2.05) is 13.8 Å². The first-order valence-electron chi connectivity index (χ1n) is 6.32. The van der Waals surface area contributed by atoms with Gasteiger partial charge >= 0.3 is 5.69 Å². The molecule has 0 unspecified atom stereocenters. The maximum absolute atomic E-state index is 13.8. The Morgan fingerprint density at radius 1 is 1.40 bits per heavy atom. The van der Waals surface area contributed by atoms with Crippen molar-refractivity contribution in [2.45, 2.75) is 26.4 Å². The van der Waals surface area contributed by atoms with E-state index in [0.717, 1.165) is 16.7 Å². The maximum Gasteiger partial charge on any atom is 0.348 e. The smallest absolute Gasteiger partial charge is 0.348 e. The van der Waals surface area contributed by atoms with E-state index in [1.165, 1.54) is 6.07 Å². The summed E-state index contributed by atoms with van der Waals surface area (Å²) in [5.41, 5.74) is -0.651. The molecule has 108 valence electrons. The number of hydrogen-bond acceptors (Lipinski definition) is 3. The molecule has 0 spiro atoms. The predicted octanol–water partition coefficient (Wildman–Crippen LogP) is 2.33. The zero-order chi connectivity index (χ0) is 14.7. The summed E-state index contributed by atoms with van der Waals surface area (Å²) in [6.07, 6.45) is 0.129. The molecule has 1 heterocycles. The molecule has 0 aliphatic rings. The molecule has 1 N–H and O–H groups in total. The SMILES string of the molecule is CCO[C@H](CC)c1n[nH]c(=O)n1-c1ccc(F)cc1F. The van der Waals surface area contributed by atoms with Crippen molar-refractivity contribution < 1.29 is 13.5 Å². The Balaban J connectivity index is 2.56. The van der Waals surface area contributed by atoms with Gasteiger partial charge in [0.1, 0.15) is 17.7 Å². The van der Waals surface area contributed by atoms with Crippen LogP contribution in [0.4, 0.5) is 8.78 Å². The fourth-order valence-corrected chi connectivity index (χ4v) is 2.00. The van der Waals surface area contributed by atoms with Gasteiger partial charge in [-0.25, -0.2) is 23.2 Å². The number of aromatic amines is 1. The van der Waals surface area contributed by atoms with Gasteiger partial charge < -0.3 is 4.74 Å². The van der Waals surface area contributed by atoms with Crippen molar-refractivity contribution in [1.82, 2.24) is 14.8 Å². The van der Waals surface area contributed by atoms with Gasteiger partial charge in [-0.15, -0.1) is 0 Å². The Labute approximate surface area is 114 Å². The monoisotopic (exact) mass is 283 g/mol. The van der Waals surface area contributed by atoms with Crippen molar-refractivity contribution in [1.29, 1.82) is 0 Å². The summed E-state index contributed by atoms with van der Waals surface area (Å²) in [4.78, 5) is 11.8. The van der Waals surface area contributed by atoms with Gasteiger partial charge in [-0.1, -0.05) is 6.92 Å². The molecule has 1 aromatic carbocycles. The molecule has 5 nitrogen and oxygen atoms in total. The highest BCUT2D eigenvalue weighted by atomic mass is 19.1. The highest BCUT2D eigenvalue weighted by Crippen LogP contribution is 2.22. The predicted molar refractivity (Wildman–Crippen MR) is 68.8 cm³/mol. The highest BCUT2D eigenvalue weighted by molar-refractivity contribution is 5.35. The lowest BCUT2D eigenvalue weighted by atomic mass is 10.2. The molecule has 2 rings (SSSR count). The van der Waals surface area contributed by atoms with Crippen molar-refractivity contribution in [2.24, 2.45) is 0 Å². The fourth-order valence-electron chi connectivity index (χ4n) is 2.00. The molecule has 1 aromatic heterocycles. The van der Waals surface area contributed by atoms with Gasteiger partial charge in [0.15, 0.2) is 5.82 Å². The van der Waals surface area contributed by atoms with E-state index >= 15 is 0 Å². The van der Waals surface area contributed by atoms with E-state index in [-0.39, 0.29) is 11.5 Å². The zero-order valence-electron chi connectivity index (χ0n) is 11.2. The number of benzene rings is 1. The lowest BCUT2D eigenvalue weighted by Gasteiger charge is -2.15. The van der Waals surface area contributed by atoms with E-state index < -0.39 is 23.4 Å². The van der Waals surface area contributed by atoms with E-state index in [4.69, 9.17) is 4.74 Å². The minimum atomic E-state index is -0.832. The second kappa shape index (κ2) is 5.96. The van der Waals surface area contributed by atoms with Crippen molar-refractivity contribution in [3.8, 4) is 5.69 Å². The Morgan fingerprint density at radius 2 is 2.15 bits per heavy atom. The second-order valence-electron chi connectivity index (χ2n) is 4.17. The maximum atomic E-state index is 13.8. The first-order valence-corrected chi connectivity index (χ1v) is 6.32. The molecule has 0 saturated heterocycles. The van der Waals surface area contributed by atoms with Gasteiger partial charge in [0.05, 0.1) is 5.69 Å². The Kier molecular flexibility index (Phi) is 4.29. The van der Waals surface area contributed by atoms with Crippen molar-refractivity contribution in [2.75, 3.05) is 6.61 Å². The summed E-state index contributed by atoms with van der Waals surface area (Å²) in [5.74, 6) is -1.27. The zero-order valence-corrected chi connectivity index (χ0v) is 11.2. The van der Waals surface area contributed by atoms with Crippen LogP contribution in [-0.2, 0) is 4.74 Å². The number of rotatable bonds is 5. The highest BCUT2D eigenvalue weighted by Gasteiger charge is 2.21. The van der Waals surface area contributed by atoms with Crippen LogP contribution >= 0.6 is 0 Å². The molecule has 1 atom stereocenters. The molecule has 0 bridgehead atoms. The van der Waals surface area contributed by atoms with E-state index in [2.05, 4.69) is 10.2 Å². The second-order valence-corrected chi connectivity index (χ2v) is 4.17. The fraction of sp³-hybridized carbons (Fsp3) is 0.385. The first-order chi connectivity index (χ1) is 9.58. The third kappa shape index (κ3) is 2.62. The Bertz CT molecular complexity index is 651. The van der Waals surface area contributed by atoms with Crippen LogP contribution in [-0.4, -0.2) is 21.4 Å². The van der Waals surface area contributed by atoms with Crippen LogP contribution in [0.15, 0.2) is 23.0 Å². The molecule has 0 saturated carbocycles. The summed E-state index contributed by atoms with van der Waals surface area (Å²) in [6.45, 7) is 4.12. The molecule has 0 aliphatic heterocycles. The number of aromatic nitrogens is 3. The van der Waals surface area contributed by atoms with Gasteiger partial charge in [-0.3, -0.25) is 0 Å². The standard InChI is InChI=1S/C13H15F2N3O2/c1-3-11(20-4-2)12-16-17-13(19)18(12)10-6-5-8(14)7-9(10)15/h5-7,11H,3-4H2,1-2H3,(H,17,19)/t11-/m1/s1. The third-order valence-electron chi connectivity index (χ3n) is 2.88. The first kappa shape index (κ1) is 14.4. The summed E-state index contributed by atoms with van der Waals surface area (Å²) >= 11 is 0. The minimum Gasteiger partial charge on any atom is -0.370 e. The van der Waals surface area contributed by atoms with Crippen LogP contribution < -0.4 is 5.69 Å². The minimum absolute atomic E-state index is 0.0571. The van der Waals surface area contributed by atoms with Crippen LogP contribution in [0.2, 0.25) is 0 Å². The molecule has 20 heavy (non-hydrogen) atoms. The van der Waals surface area contributed by atoms with Gasteiger partial charge in [-0.05, 0) is 25.5 Å². The number of ether oxygens (including phenoxy) is 1. The van der Waals surface area contributed by atoms with Crippen molar-refractivity contribution >= 4 is 0 Å². The number of nitrogens with zero attached hydrogens (tertiary/aromatic N) is 2. The van der Waals surface area contributed by atoms with Gasteiger partial charge in [-0.2, -0.15) is 5.10 Å². The molecular weight excluding hydrogens is 268 g/mol.